The van der Waals surface area contributed by atoms with Gasteiger partial charge < -0.3 is 9.15 Å². The summed E-state index contributed by atoms with van der Waals surface area (Å²) in [5, 5.41) is 3.04. The number of halogens is 1. The summed E-state index contributed by atoms with van der Waals surface area (Å²) in [6.07, 6.45) is 1.81. The molecule has 0 aliphatic carbocycles. The predicted molar refractivity (Wildman–Crippen MR) is 95.2 cm³/mol. The van der Waals surface area contributed by atoms with Gasteiger partial charge in [0.05, 0.1) is 18.8 Å². The first-order valence-electron chi connectivity index (χ1n) is 7.89. The van der Waals surface area contributed by atoms with Crippen LogP contribution in [-0.2, 0) is 6.54 Å². The van der Waals surface area contributed by atoms with Crippen molar-refractivity contribution in [2.24, 2.45) is 0 Å². The molecule has 0 aliphatic rings. The fraction of sp³-hybridized carbons (Fsp3) is 0.333. The van der Waals surface area contributed by atoms with E-state index in [4.69, 9.17) is 9.15 Å². The zero-order chi connectivity index (χ0) is 18.0. The van der Waals surface area contributed by atoms with Gasteiger partial charge in [-0.05, 0) is 39.1 Å². The lowest BCUT2D eigenvalue weighted by Crippen LogP contribution is -2.22. The molecule has 0 bridgehead atoms. The van der Waals surface area contributed by atoms with E-state index in [0.29, 0.717) is 18.0 Å². The second-order valence-electron chi connectivity index (χ2n) is 5.83. The molecule has 1 atom stereocenters. The largest absolute Gasteiger partial charge is 0.494 e. The van der Waals surface area contributed by atoms with Crippen LogP contribution in [0, 0.1) is 12.7 Å². The normalized spacial score (nSPS) is 12.6. The summed E-state index contributed by atoms with van der Waals surface area (Å²) in [7, 11) is 3.46. The van der Waals surface area contributed by atoms with Gasteiger partial charge in [0.15, 0.2) is 11.6 Å². The molecule has 7 heteroatoms. The number of methoxy groups -OCH3 is 1. The molecule has 2 aromatic heterocycles. The van der Waals surface area contributed by atoms with E-state index in [-0.39, 0.29) is 11.8 Å². The van der Waals surface area contributed by atoms with Crippen LogP contribution in [0.3, 0.4) is 0 Å². The van der Waals surface area contributed by atoms with Gasteiger partial charge in [0.2, 0.25) is 5.89 Å². The van der Waals surface area contributed by atoms with Crippen molar-refractivity contribution in [3.8, 4) is 17.2 Å². The number of ether oxygens (including phenoxy) is 1. The Labute approximate surface area is 150 Å². The summed E-state index contributed by atoms with van der Waals surface area (Å²) in [4.78, 5) is 11.1. The minimum atomic E-state index is -0.410. The highest BCUT2D eigenvalue weighted by atomic mass is 32.1. The third-order valence-electron chi connectivity index (χ3n) is 4.16. The van der Waals surface area contributed by atoms with Crippen molar-refractivity contribution >= 4 is 11.3 Å². The zero-order valence-corrected chi connectivity index (χ0v) is 15.4. The maximum absolute atomic E-state index is 13.6. The Morgan fingerprint density at radius 2 is 2.20 bits per heavy atom. The van der Waals surface area contributed by atoms with Crippen molar-refractivity contribution in [1.29, 1.82) is 0 Å². The lowest BCUT2D eigenvalue weighted by atomic mass is 10.2. The van der Waals surface area contributed by atoms with Crippen molar-refractivity contribution in [2.75, 3.05) is 14.2 Å². The predicted octanol–water partition coefficient (Wildman–Crippen LogP) is 4.45. The molecule has 25 heavy (non-hydrogen) atoms. The molecule has 3 rings (SSSR count). The van der Waals surface area contributed by atoms with E-state index < -0.39 is 5.82 Å². The molecule has 0 fully saturated rings. The Bertz CT molecular complexity index is 848. The summed E-state index contributed by atoms with van der Waals surface area (Å²) in [5.41, 5.74) is 1.53. The van der Waals surface area contributed by atoms with Gasteiger partial charge in [-0.15, -0.1) is 11.3 Å². The minimum absolute atomic E-state index is 0.171. The first kappa shape index (κ1) is 17.6. The molecule has 3 aromatic rings. The molecule has 0 saturated heterocycles. The van der Waals surface area contributed by atoms with Crippen LogP contribution in [0.4, 0.5) is 4.39 Å². The van der Waals surface area contributed by atoms with Crippen LogP contribution < -0.4 is 4.74 Å². The molecule has 0 spiro atoms. The van der Waals surface area contributed by atoms with Crippen LogP contribution in [0.25, 0.3) is 11.5 Å². The Morgan fingerprint density at radius 1 is 1.40 bits per heavy atom. The van der Waals surface area contributed by atoms with Crippen molar-refractivity contribution in [3.63, 3.8) is 0 Å². The van der Waals surface area contributed by atoms with E-state index in [1.807, 2.05) is 25.5 Å². The van der Waals surface area contributed by atoms with Gasteiger partial charge in [0, 0.05) is 23.7 Å². The standard InChI is InChI=1S/C18H20FN3O2S/c1-11(18-20-7-8-25-18)22(3)10-15-12(2)24-17(21-15)13-5-6-14(19)16(9-13)23-4/h5-9,11H,10H2,1-4H3. The lowest BCUT2D eigenvalue weighted by molar-refractivity contribution is 0.248. The number of thiazole rings is 1. The molecule has 132 valence electrons. The molecule has 0 saturated carbocycles. The minimum Gasteiger partial charge on any atom is -0.494 e. The smallest absolute Gasteiger partial charge is 0.226 e. The van der Waals surface area contributed by atoms with Gasteiger partial charge in [-0.2, -0.15) is 0 Å². The molecule has 5 nitrogen and oxygen atoms in total. The van der Waals surface area contributed by atoms with E-state index in [1.54, 1.807) is 23.5 Å². The van der Waals surface area contributed by atoms with E-state index >= 15 is 0 Å². The van der Waals surface area contributed by atoms with E-state index in [2.05, 4.69) is 21.8 Å². The molecule has 0 radical (unpaired) electrons. The first-order chi connectivity index (χ1) is 12.0. The van der Waals surface area contributed by atoms with Gasteiger partial charge in [0.25, 0.3) is 0 Å². The Kier molecular flexibility index (Phi) is 5.15. The number of hydrogen-bond acceptors (Lipinski definition) is 6. The van der Waals surface area contributed by atoms with E-state index in [1.165, 1.54) is 13.2 Å². The molecule has 1 aromatic carbocycles. The number of oxazole rings is 1. The molecule has 0 aliphatic heterocycles. The summed E-state index contributed by atoms with van der Waals surface area (Å²) < 4.78 is 24.4. The fourth-order valence-corrected chi connectivity index (χ4v) is 3.25. The monoisotopic (exact) mass is 361 g/mol. The SMILES string of the molecule is COc1cc(-c2nc(CN(C)C(C)c3nccs3)c(C)o2)ccc1F. The van der Waals surface area contributed by atoms with Gasteiger partial charge >= 0.3 is 0 Å². The summed E-state index contributed by atoms with van der Waals surface area (Å²) >= 11 is 1.64. The maximum Gasteiger partial charge on any atom is 0.226 e. The molecule has 0 amide bonds. The van der Waals surface area contributed by atoms with Gasteiger partial charge in [-0.25, -0.2) is 14.4 Å². The first-order valence-corrected chi connectivity index (χ1v) is 8.77. The maximum atomic E-state index is 13.6. The highest BCUT2D eigenvalue weighted by molar-refractivity contribution is 7.09. The Balaban J connectivity index is 1.80. The van der Waals surface area contributed by atoms with Gasteiger partial charge in [0.1, 0.15) is 10.8 Å². The Hall–Kier alpha value is -2.25. The Morgan fingerprint density at radius 3 is 2.88 bits per heavy atom. The second-order valence-corrected chi connectivity index (χ2v) is 6.76. The van der Waals surface area contributed by atoms with E-state index in [9.17, 15) is 4.39 Å². The number of rotatable bonds is 6. The van der Waals surface area contributed by atoms with Crippen molar-refractivity contribution in [3.05, 3.63) is 52.1 Å². The number of aryl methyl sites for hydroxylation is 1. The van der Waals surface area contributed by atoms with Crippen molar-refractivity contribution < 1.29 is 13.5 Å². The van der Waals surface area contributed by atoms with Crippen LogP contribution in [0.1, 0.15) is 29.4 Å². The quantitative estimate of drug-likeness (QED) is 0.649. The van der Waals surface area contributed by atoms with Crippen LogP contribution >= 0.6 is 11.3 Å². The van der Waals surface area contributed by atoms with Gasteiger partial charge in [-0.1, -0.05) is 0 Å². The average molecular weight is 361 g/mol. The van der Waals surface area contributed by atoms with Crippen LogP contribution in [0.15, 0.2) is 34.2 Å². The van der Waals surface area contributed by atoms with Crippen LogP contribution in [0.5, 0.6) is 5.75 Å². The summed E-state index contributed by atoms with van der Waals surface area (Å²) in [5.74, 6) is 0.966. The number of aromatic nitrogens is 2. The van der Waals surface area contributed by atoms with E-state index in [0.717, 1.165) is 16.5 Å². The topological polar surface area (TPSA) is 51.4 Å². The number of benzene rings is 1. The molecular formula is C18H20FN3O2S. The highest BCUT2D eigenvalue weighted by Crippen LogP contribution is 2.29. The van der Waals surface area contributed by atoms with Crippen molar-refractivity contribution in [2.45, 2.75) is 26.4 Å². The summed E-state index contributed by atoms with van der Waals surface area (Å²) in [6.45, 7) is 4.63. The number of hydrogen-bond donors (Lipinski definition) is 0. The third kappa shape index (κ3) is 3.72. The molecular weight excluding hydrogens is 341 g/mol. The van der Waals surface area contributed by atoms with Crippen LogP contribution in [0.2, 0.25) is 0 Å². The lowest BCUT2D eigenvalue weighted by Gasteiger charge is -2.21. The fourth-order valence-electron chi connectivity index (χ4n) is 2.49. The second kappa shape index (κ2) is 7.33. The molecule has 1 unspecified atom stereocenters. The zero-order valence-electron chi connectivity index (χ0n) is 14.6. The van der Waals surface area contributed by atoms with Crippen LogP contribution in [-0.4, -0.2) is 29.0 Å². The highest BCUT2D eigenvalue weighted by Gasteiger charge is 2.19. The third-order valence-corrected chi connectivity index (χ3v) is 5.11. The summed E-state index contributed by atoms with van der Waals surface area (Å²) in [6, 6.07) is 4.76. The number of nitrogens with zero attached hydrogens (tertiary/aromatic N) is 3. The average Bonchev–Trinajstić information content (AvgIpc) is 3.25. The molecule has 0 N–H and O–H groups in total. The molecule has 2 heterocycles. The van der Waals surface area contributed by atoms with Gasteiger partial charge in [-0.3, -0.25) is 4.90 Å². The van der Waals surface area contributed by atoms with Crippen molar-refractivity contribution in [1.82, 2.24) is 14.9 Å².